The highest BCUT2D eigenvalue weighted by Crippen LogP contribution is 2.34. The Bertz CT molecular complexity index is 1920. The van der Waals surface area contributed by atoms with Crippen LogP contribution >= 0.6 is 11.8 Å². The third kappa shape index (κ3) is 8.09. The van der Waals surface area contributed by atoms with Crippen molar-refractivity contribution in [2.24, 2.45) is 4.99 Å². The van der Waals surface area contributed by atoms with Gasteiger partial charge in [0.25, 0.3) is 0 Å². The van der Waals surface area contributed by atoms with Gasteiger partial charge < -0.3 is 14.8 Å². The summed E-state index contributed by atoms with van der Waals surface area (Å²) in [6.07, 6.45) is -0.210. The number of aryl methyl sites for hydroxylation is 1. The number of hydrogen-bond donors (Lipinski definition) is 1. The molecule has 1 N–H and O–H groups in total. The third-order valence-corrected chi connectivity index (χ3v) is 7.89. The van der Waals surface area contributed by atoms with E-state index in [2.05, 4.69) is 25.1 Å². The molecule has 1 saturated heterocycles. The van der Waals surface area contributed by atoms with Crippen LogP contribution in [0.4, 0.5) is 29.3 Å². The zero-order chi connectivity index (χ0) is 34.6. The minimum absolute atomic E-state index is 0.0561. The zero-order valence-corrected chi connectivity index (χ0v) is 26.9. The van der Waals surface area contributed by atoms with E-state index in [9.17, 15) is 27.6 Å². The van der Waals surface area contributed by atoms with Crippen molar-refractivity contribution >= 4 is 58.4 Å². The Morgan fingerprint density at radius 3 is 2.50 bits per heavy atom. The van der Waals surface area contributed by atoms with Gasteiger partial charge in [0, 0.05) is 0 Å². The van der Waals surface area contributed by atoms with Crippen molar-refractivity contribution in [1.82, 2.24) is 14.8 Å². The van der Waals surface area contributed by atoms with Crippen LogP contribution in [0.15, 0.2) is 72.0 Å². The van der Waals surface area contributed by atoms with E-state index in [1.54, 1.807) is 18.2 Å². The predicted molar refractivity (Wildman–Crippen MR) is 176 cm³/mol. The van der Waals surface area contributed by atoms with Gasteiger partial charge in [-0.3, -0.25) is 9.69 Å². The molecule has 0 aliphatic carbocycles. The number of aromatic nitrogens is 3. The maximum Gasteiger partial charge on any atom is 0.573 e. The minimum atomic E-state index is -4.79. The van der Waals surface area contributed by atoms with Crippen molar-refractivity contribution in [1.29, 1.82) is 0 Å². The molecule has 0 unspecified atom stereocenters. The number of ether oxygens (including phenoxy) is 2. The van der Waals surface area contributed by atoms with Gasteiger partial charge in [0.15, 0.2) is 11.0 Å². The highest BCUT2D eigenvalue weighted by Gasteiger charge is 2.33. The quantitative estimate of drug-likeness (QED) is 0.194. The topological polar surface area (TPSA) is 128 Å². The maximum absolute atomic E-state index is 13.1. The number of alkyl halides is 3. The van der Waals surface area contributed by atoms with E-state index >= 15 is 0 Å². The van der Waals surface area contributed by atoms with Crippen molar-refractivity contribution in [2.45, 2.75) is 33.1 Å². The van der Waals surface area contributed by atoms with E-state index in [1.165, 1.54) is 47.3 Å². The van der Waals surface area contributed by atoms with Crippen molar-refractivity contribution in [3.8, 4) is 11.4 Å². The number of amides is 3. The van der Waals surface area contributed by atoms with Gasteiger partial charge >= 0.3 is 18.4 Å². The first-order valence-electron chi connectivity index (χ1n) is 14.5. The molecule has 1 aliphatic heterocycles. The maximum atomic E-state index is 13.1. The van der Waals surface area contributed by atoms with Crippen LogP contribution in [0.5, 0.6) is 5.75 Å². The lowest BCUT2D eigenvalue weighted by Gasteiger charge is -2.22. The van der Waals surface area contributed by atoms with E-state index in [-0.39, 0.29) is 45.6 Å². The summed E-state index contributed by atoms with van der Waals surface area (Å²) in [6, 6.07) is 14.8. The molecule has 0 atom stereocenters. The SMILES string of the molecule is COC(=O)c1cc(/C=C/c2ncn(-c3ccc(OC(F)(F)F)cc3)n2)ccc1NC(=O)N=C1SCC(=O)N1c1cc(C)ccc1C(C)C. The largest absolute Gasteiger partial charge is 0.573 e. The summed E-state index contributed by atoms with van der Waals surface area (Å²) >= 11 is 1.15. The third-order valence-electron chi connectivity index (χ3n) is 6.97. The van der Waals surface area contributed by atoms with Crippen molar-refractivity contribution in [3.63, 3.8) is 0 Å². The Morgan fingerprint density at radius 1 is 1.06 bits per heavy atom. The van der Waals surface area contributed by atoms with Crippen LogP contribution in [0, 0.1) is 6.92 Å². The van der Waals surface area contributed by atoms with Crippen LogP contribution in [0.25, 0.3) is 17.8 Å². The first kappa shape index (κ1) is 33.9. The number of methoxy groups -OCH3 is 1. The van der Waals surface area contributed by atoms with E-state index in [4.69, 9.17) is 4.74 Å². The van der Waals surface area contributed by atoms with E-state index in [0.29, 0.717) is 16.9 Å². The van der Waals surface area contributed by atoms with Gasteiger partial charge in [-0.05, 0) is 78.1 Å². The number of nitrogens with zero attached hydrogens (tertiary/aromatic N) is 5. The number of thioether (sulfide) groups is 1. The van der Waals surface area contributed by atoms with Crippen LogP contribution in [0.2, 0.25) is 0 Å². The van der Waals surface area contributed by atoms with E-state index in [1.807, 2.05) is 39.0 Å². The monoisotopic (exact) mass is 678 g/mol. The van der Waals surface area contributed by atoms with Crippen LogP contribution in [-0.2, 0) is 9.53 Å². The van der Waals surface area contributed by atoms with Crippen LogP contribution in [-0.4, -0.2) is 57.1 Å². The smallest absolute Gasteiger partial charge is 0.465 e. The number of benzene rings is 3. The molecule has 3 amide bonds. The highest BCUT2D eigenvalue weighted by atomic mass is 32.2. The molecule has 5 rings (SSSR count). The summed E-state index contributed by atoms with van der Waals surface area (Å²) in [5.41, 5.74) is 3.78. The van der Waals surface area contributed by atoms with Gasteiger partial charge in [-0.1, -0.05) is 49.9 Å². The summed E-state index contributed by atoms with van der Waals surface area (Å²) in [7, 11) is 1.21. The Labute approximate surface area is 277 Å². The molecule has 15 heteroatoms. The number of urea groups is 1. The molecule has 0 radical (unpaired) electrons. The van der Waals surface area contributed by atoms with E-state index < -0.39 is 18.4 Å². The molecular formula is C33H29F3N6O5S. The molecule has 1 aromatic heterocycles. The van der Waals surface area contributed by atoms with Gasteiger partial charge in [0.1, 0.15) is 12.1 Å². The lowest BCUT2D eigenvalue weighted by Crippen LogP contribution is -2.31. The lowest BCUT2D eigenvalue weighted by atomic mass is 9.99. The van der Waals surface area contributed by atoms with Gasteiger partial charge in [0.05, 0.1) is 35.5 Å². The number of esters is 1. The molecule has 3 aromatic carbocycles. The number of anilines is 2. The second-order valence-electron chi connectivity index (χ2n) is 10.8. The fraction of sp³-hybridized carbons (Fsp3) is 0.212. The van der Waals surface area contributed by atoms with Gasteiger partial charge in [-0.25, -0.2) is 19.3 Å². The second kappa shape index (κ2) is 14.1. The summed E-state index contributed by atoms with van der Waals surface area (Å²) in [5.74, 6) is -0.737. The fourth-order valence-electron chi connectivity index (χ4n) is 4.75. The van der Waals surface area contributed by atoms with Gasteiger partial charge in [-0.2, -0.15) is 4.99 Å². The number of carbonyl (C=O) groups is 3. The van der Waals surface area contributed by atoms with Crippen molar-refractivity contribution in [3.05, 3.63) is 95.1 Å². The summed E-state index contributed by atoms with van der Waals surface area (Å²) in [6.45, 7) is 5.96. The van der Waals surface area contributed by atoms with Crippen LogP contribution in [0.1, 0.15) is 52.6 Å². The molecule has 4 aromatic rings. The molecule has 0 saturated carbocycles. The van der Waals surface area contributed by atoms with Crippen LogP contribution in [0.3, 0.4) is 0 Å². The Morgan fingerprint density at radius 2 is 1.81 bits per heavy atom. The second-order valence-corrected chi connectivity index (χ2v) is 11.7. The summed E-state index contributed by atoms with van der Waals surface area (Å²) < 4.78 is 47.5. The predicted octanol–water partition coefficient (Wildman–Crippen LogP) is 7.22. The fourth-order valence-corrected chi connectivity index (χ4v) is 5.61. The average Bonchev–Trinajstić information content (AvgIpc) is 3.65. The van der Waals surface area contributed by atoms with E-state index in [0.717, 1.165) is 35.0 Å². The first-order chi connectivity index (χ1) is 22.8. The van der Waals surface area contributed by atoms with Gasteiger partial charge in [-0.15, -0.1) is 18.3 Å². The Balaban J connectivity index is 1.33. The number of rotatable bonds is 8. The molecule has 2 heterocycles. The number of nitrogens with one attached hydrogen (secondary N) is 1. The minimum Gasteiger partial charge on any atom is -0.465 e. The molecule has 0 bridgehead atoms. The Kier molecular flexibility index (Phi) is 9.98. The van der Waals surface area contributed by atoms with Crippen molar-refractivity contribution < 1.29 is 37.0 Å². The Hall–Kier alpha value is -5.44. The molecule has 1 fully saturated rings. The van der Waals surface area contributed by atoms with Crippen molar-refractivity contribution in [2.75, 3.05) is 23.1 Å². The first-order valence-corrected chi connectivity index (χ1v) is 15.4. The number of amidine groups is 1. The number of aliphatic imine (C=N–C) groups is 1. The summed E-state index contributed by atoms with van der Waals surface area (Å²) in [5, 5.41) is 7.14. The number of halogens is 3. The van der Waals surface area contributed by atoms with Crippen LogP contribution < -0.4 is 15.0 Å². The molecule has 0 spiro atoms. The average molecular weight is 679 g/mol. The lowest BCUT2D eigenvalue weighted by molar-refractivity contribution is -0.274. The molecule has 1 aliphatic rings. The number of hydrogen-bond acceptors (Lipinski definition) is 8. The molecule has 48 heavy (non-hydrogen) atoms. The molecule has 11 nitrogen and oxygen atoms in total. The number of carbonyl (C=O) groups excluding carboxylic acids is 3. The summed E-state index contributed by atoms with van der Waals surface area (Å²) in [4.78, 5) is 48.5. The molecular weight excluding hydrogens is 649 g/mol. The standard InChI is InChI=1S/C33H29F3N6O5S/c1-19(2)24-12-5-20(3)15-27(24)42-29(43)17-48-32(42)39-31(45)38-26-13-6-21(16-25(26)30(44)46-4)7-14-28-37-18-41(40-28)22-8-10-23(11-9-22)47-33(34,35)36/h5-16,18-19H,17H2,1-4H3,(H,38,45)/b14-7+,39-32?. The zero-order valence-electron chi connectivity index (χ0n) is 26.1. The molecule has 248 valence electrons. The highest BCUT2D eigenvalue weighted by molar-refractivity contribution is 8.15. The normalized spacial score (nSPS) is 14.3. The van der Waals surface area contributed by atoms with Gasteiger partial charge in [0.2, 0.25) is 5.91 Å².